The third-order valence-electron chi connectivity index (χ3n) is 3.20. The van der Waals surface area contributed by atoms with E-state index in [0.29, 0.717) is 0 Å². The molecular formula is C14H9BrN4O2. The molecule has 0 fully saturated rings. The summed E-state index contributed by atoms with van der Waals surface area (Å²) in [6.07, 6.45) is 1.24. The standard InChI is InChI=1S/C14H9BrN4O2/c15-8-3-1-2-7(4-8)10-9(5-16)12(17)21-14-11(10)13(20)18-6-19-14/h1-4,6,10H,17H2,(H,18,19,20). The first-order valence-corrected chi connectivity index (χ1v) is 6.81. The molecule has 21 heavy (non-hydrogen) atoms. The average Bonchev–Trinajstić information content (AvgIpc) is 2.46. The van der Waals surface area contributed by atoms with E-state index in [1.807, 2.05) is 30.3 Å². The van der Waals surface area contributed by atoms with Crippen LogP contribution in [0.25, 0.3) is 0 Å². The number of aromatic amines is 1. The molecule has 6 nitrogen and oxygen atoms in total. The van der Waals surface area contributed by atoms with E-state index in [2.05, 4.69) is 25.9 Å². The van der Waals surface area contributed by atoms with Crippen LogP contribution in [0.5, 0.6) is 5.88 Å². The number of rotatable bonds is 1. The molecule has 7 heteroatoms. The van der Waals surface area contributed by atoms with Crippen molar-refractivity contribution < 1.29 is 4.74 Å². The van der Waals surface area contributed by atoms with E-state index in [0.717, 1.165) is 10.0 Å². The Labute approximate surface area is 128 Å². The van der Waals surface area contributed by atoms with Gasteiger partial charge in [0.25, 0.3) is 5.56 Å². The van der Waals surface area contributed by atoms with Gasteiger partial charge in [-0.05, 0) is 17.7 Å². The molecule has 3 rings (SSSR count). The predicted molar refractivity (Wildman–Crippen MR) is 78.3 cm³/mol. The molecule has 0 bridgehead atoms. The van der Waals surface area contributed by atoms with Gasteiger partial charge in [0.1, 0.15) is 11.6 Å². The van der Waals surface area contributed by atoms with Crippen LogP contribution < -0.4 is 16.0 Å². The Hall–Kier alpha value is -2.59. The lowest BCUT2D eigenvalue weighted by Crippen LogP contribution is -2.28. The Kier molecular flexibility index (Phi) is 3.23. The van der Waals surface area contributed by atoms with E-state index in [1.54, 1.807) is 0 Å². The van der Waals surface area contributed by atoms with Gasteiger partial charge < -0.3 is 15.5 Å². The highest BCUT2D eigenvalue weighted by Gasteiger charge is 2.33. The van der Waals surface area contributed by atoms with Gasteiger partial charge in [-0.3, -0.25) is 4.79 Å². The molecule has 2 aromatic rings. The van der Waals surface area contributed by atoms with Crippen molar-refractivity contribution in [3.63, 3.8) is 0 Å². The Morgan fingerprint density at radius 3 is 3.00 bits per heavy atom. The molecule has 1 unspecified atom stereocenters. The molecule has 2 heterocycles. The van der Waals surface area contributed by atoms with Gasteiger partial charge in [0, 0.05) is 4.47 Å². The second-order valence-corrected chi connectivity index (χ2v) is 5.35. The van der Waals surface area contributed by atoms with Crippen molar-refractivity contribution >= 4 is 15.9 Å². The molecule has 0 spiro atoms. The first-order chi connectivity index (χ1) is 10.1. The zero-order valence-electron chi connectivity index (χ0n) is 10.6. The van der Waals surface area contributed by atoms with Crippen LogP contribution in [0.2, 0.25) is 0 Å². The maximum absolute atomic E-state index is 12.1. The highest BCUT2D eigenvalue weighted by Crippen LogP contribution is 2.39. The minimum atomic E-state index is -0.603. The molecule has 1 aromatic heterocycles. The smallest absolute Gasteiger partial charge is 0.258 e. The van der Waals surface area contributed by atoms with E-state index >= 15 is 0 Å². The fraction of sp³-hybridized carbons (Fsp3) is 0.0714. The number of nitrogens with one attached hydrogen (secondary N) is 1. The maximum Gasteiger partial charge on any atom is 0.258 e. The van der Waals surface area contributed by atoms with Crippen molar-refractivity contribution in [2.75, 3.05) is 0 Å². The fourth-order valence-electron chi connectivity index (χ4n) is 2.31. The predicted octanol–water partition coefficient (Wildman–Crippen LogP) is 1.75. The summed E-state index contributed by atoms with van der Waals surface area (Å²) < 4.78 is 6.13. The lowest BCUT2D eigenvalue weighted by molar-refractivity contribution is 0.375. The van der Waals surface area contributed by atoms with Gasteiger partial charge in [0.05, 0.1) is 17.8 Å². The summed E-state index contributed by atoms with van der Waals surface area (Å²) >= 11 is 3.38. The number of benzene rings is 1. The quantitative estimate of drug-likeness (QED) is 0.819. The van der Waals surface area contributed by atoms with Gasteiger partial charge in [-0.25, -0.2) is 4.98 Å². The second-order valence-electron chi connectivity index (χ2n) is 4.43. The number of allylic oxidation sites excluding steroid dienone is 1. The Morgan fingerprint density at radius 1 is 1.48 bits per heavy atom. The third-order valence-corrected chi connectivity index (χ3v) is 3.70. The summed E-state index contributed by atoms with van der Waals surface area (Å²) in [6.45, 7) is 0. The van der Waals surface area contributed by atoms with Gasteiger partial charge in [0.15, 0.2) is 0 Å². The van der Waals surface area contributed by atoms with Crippen LogP contribution in [0.15, 0.2) is 51.3 Å². The summed E-state index contributed by atoms with van der Waals surface area (Å²) in [5.41, 5.74) is 6.66. The second kappa shape index (κ2) is 5.07. The largest absolute Gasteiger partial charge is 0.422 e. The van der Waals surface area contributed by atoms with Crippen LogP contribution in [-0.4, -0.2) is 9.97 Å². The first-order valence-electron chi connectivity index (χ1n) is 6.02. The van der Waals surface area contributed by atoms with E-state index < -0.39 is 5.92 Å². The molecule has 0 saturated heterocycles. The van der Waals surface area contributed by atoms with E-state index in [-0.39, 0.29) is 28.5 Å². The number of nitrogens with two attached hydrogens (primary N) is 1. The van der Waals surface area contributed by atoms with Crippen molar-refractivity contribution in [3.05, 3.63) is 68.0 Å². The number of ether oxygens (including phenoxy) is 1. The minimum absolute atomic E-state index is 0.0342. The zero-order chi connectivity index (χ0) is 15.0. The molecule has 1 atom stereocenters. The molecule has 104 valence electrons. The zero-order valence-corrected chi connectivity index (χ0v) is 12.2. The van der Waals surface area contributed by atoms with Crippen molar-refractivity contribution in [3.8, 4) is 11.9 Å². The summed E-state index contributed by atoms with van der Waals surface area (Å²) in [6, 6.07) is 9.36. The normalized spacial score (nSPS) is 16.9. The molecule has 3 N–H and O–H groups in total. The minimum Gasteiger partial charge on any atom is -0.422 e. The van der Waals surface area contributed by atoms with Crippen molar-refractivity contribution in [1.29, 1.82) is 5.26 Å². The molecule has 1 aliphatic rings. The van der Waals surface area contributed by atoms with E-state index in [4.69, 9.17) is 10.5 Å². The Balaban J connectivity index is 2.31. The van der Waals surface area contributed by atoms with Gasteiger partial charge in [-0.15, -0.1) is 0 Å². The number of nitrogens with zero attached hydrogens (tertiary/aromatic N) is 2. The number of halogens is 1. The summed E-state index contributed by atoms with van der Waals surface area (Å²) in [4.78, 5) is 18.6. The van der Waals surface area contributed by atoms with Crippen LogP contribution in [0, 0.1) is 11.3 Å². The van der Waals surface area contributed by atoms with Crippen molar-refractivity contribution in [1.82, 2.24) is 9.97 Å². The lowest BCUT2D eigenvalue weighted by atomic mass is 9.85. The summed E-state index contributed by atoms with van der Waals surface area (Å²) in [7, 11) is 0. The van der Waals surface area contributed by atoms with Crippen molar-refractivity contribution in [2.24, 2.45) is 5.73 Å². The highest BCUT2D eigenvalue weighted by atomic mass is 79.9. The summed E-state index contributed by atoms with van der Waals surface area (Å²) in [5.74, 6) is -0.512. The number of H-pyrrole nitrogens is 1. The van der Waals surface area contributed by atoms with E-state index in [9.17, 15) is 10.1 Å². The van der Waals surface area contributed by atoms with Crippen LogP contribution in [0.4, 0.5) is 0 Å². The molecular weight excluding hydrogens is 336 g/mol. The van der Waals surface area contributed by atoms with Gasteiger partial charge in [-0.2, -0.15) is 5.26 Å². The summed E-state index contributed by atoms with van der Waals surface area (Å²) in [5, 5.41) is 9.37. The highest BCUT2D eigenvalue weighted by molar-refractivity contribution is 9.10. The number of nitriles is 1. The lowest BCUT2D eigenvalue weighted by Gasteiger charge is -2.24. The molecule has 0 radical (unpaired) electrons. The van der Waals surface area contributed by atoms with Gasteiger partial charge >= 0.3 is 0 Å². The fourth-order valence-corrected chi connectivity index (χ4v) is 2.73. The van der Waals surface area contributed by atoms with E-state index in [1.165, 1.54) is 6.33 Å². The van der Waals surface area contributed by atoms with Crippen LogP contribution >= 0.6 is 15.9 Å². The molecule has 0 aliphatic carbocycles. The number of hydrogen-bond donors (Lipinski definition) is 2. The average molecular weight is 345 g/mol. The van der Waals surface area contributed by atoms with Crippen LogP contribution in [0.3, 0.4) is 0 Å². The SMILES string of the molecule is N#CC1=C(N)Oc2nc[nH]c(=O)c2C1c1cccc(Br)c1. The number of hydrogen-bond acceptors (Lipinski definition) is 5. The molecule has 0 amide bonds. The Morgan fingerprint density at radius 2 is 2.29 bits per heavy atom. The molecule has 1 aliphatic heterocycles. The Bertz CT molecular complexity index is 851. The molecule has 0 saturated carbocycles. The third kappa shape index (κ3) is 2.19. The first kappa shape index (κ1) is 13.4. The van der Waals surface area contributed by atoms with Crippen LogP contribution in [-0.2, 0) is 0 Å². The van der Waals surface area contributed by atoms with Crippen molar-refractivity contribution in [2.45, 2.75) is 5.92 Å². The topological polar surface area (TPSA) is 105 Å². The van der Waals surface area contributed by atoms with Gasteiger partial charge in [0.2, 0.25) is 11.8 Å². The number of fused-ring (bicyclic) bond motifs is 1. The monoisotopic (exact) mass is 344 g/mol. The van der Waals surface area contributed by atoms with Crippen LogP contribution in [0.1, 0.15) is 17.0 Å². The maximum atomic E-state index is 12.1. The molecule has 1 aromatic carbocycles. The van der Waals surface area contributed by atoms with Gasteiger partial charge in [-0.1, -0.05) is 28.1 Å². The number of aromatic nitrogens is 2.